The highest BCUT2D eigenvalue weighted by molar-refractivity contribution is 5.85. The first kappa shape index (κ1) is 17.6. The van der Waals surface area contributed by atoms with E-state index in [-0.39, 0.29) is 24.8 Å². The van der Waals surface area contributed by atoms with Gasteiger partial charge in [-0.15, -0.1) is 24.8 Å². The smallest absolute Gasteiger partial charge is 0.00199 e. The van der Waals surface area contributed by atoms with Crippen molar-refractivity contribution >= 4 is 24.8 Å². The molecule has 0 radical (unpaired) electrons. The van der Waals surface area contributed by atoms with Gasteiger partial charge < -0.3 is 11.5 Å². The van der Waals surface area contributed by atoms with E-state index in [1.165, 1.54) is 44.9 Å². The van der Waals surface area contributed by atoms with Crippen LogP contribution in [0.1, 0.15) is 58.8 Å². The number of halogens is 2. The van der Waals surface area contributed by atoms with Crippen molar-refractivity contribution < 1.29 is 0 Å². The molecule has 4 rings (SSSR count). The second-order valence-corrected chi connectivity index (χ2v) is 8.42. The third-order valence-corrected chi connectivity index (χ3v) is 5.92. The van der Waals surface area contributed by atoms with Gasteiger partial charge in [-0.1, -0.05) is 13.8 Å². The molecule has 4 bridgehead atoms. The lowest BCUT2D eigenvalue weighted by Gasteiger charge is -2.70. The van der Waals surface area contributed by atoms with Crippen LogP contribution in [0.5, 0.6) is 0 Å². The zero-order valence-electron chi connectivity index (χ0n) is 12.3. The van der Waals surface area contributed by atoms with Crippen molar-refractivity contribution in [2.24, 2.45) is 33.1 Å². The molecular formula is C15H30Cl2N2. The van der Waals surface area contributed by atoms with Crippen LogP contribution in [-0.4, -0.2) is 13.1 Å². The van der Waals surface area contributed by atoms with Crippen LogP contribution in [-0.2, 0) is 0 Å². The summed E-state index contributed by atoms with van der Waals surface area (Å²) in [7, 11) is 0. The maximum atomic E-state index is 6.17. The molecule has 0 saturated heterocycles. The van der Waals surface area contributed by atoms with Crippen LogP contribution in [0.4, 0.5) is 0 Å². The van der Waals surface area contributed by atoms with Crippen molar-refractivity contribution in [3.63, 3.8) is 0 Å². The summed E-state index contributed by atoms with van der Waals surface area (Å²) >= 11 is 0. The minimum Gasteiger partial charge on any atom is -0.330 e. The summed E-state index contributed by atoms with van der Waals surface area (Å²) in [4.78, 5) is 0. The first-order valence-corrected chi connectivity index (χ1v) is 7.27. The Balaban J connectivity index is 0.000000902. The van der Waals surface area contributed by atoms with Crippen LogP contribution in [0.15, 0.2) is 0 Å². The first-order chi connectivity index (χ1) is 7.86. The first-order valence-electron chi connectivity index (χ1n) is 7.27. The topological polar surface area (TPSA) is 52.0 Å². The molecule has 0 aromatic carbocycles. The van der Waals surface area contributed by atoms with E-state index in [1.54, 1.807) is 0 Å². The summed E-state index contributed by atoms with van der Waals surface area (Å²) in [6, 6.07) is 0. The highest BCUT2D eigenvalue weighted by Crippen LogP contribution is 2.74. The molecular weight excluding hydrogens is 279 g/mol. The molecule has 4 N–H and O–H groups in total. The average molecular weight is 309 g/mol. The minimum atomic E-state index is 0. The van der Waals surface area contributed by atoms with Crippen molar-refractivity contribution in [3.05, 3.63) is 0 Å². The van der Waals surface area contributed by atoms with Crippen LogP contribution in [0.2, 0.25) is 0 Å². The molecule has 0 aromatic heterocycles. The number of nitrogens with two attached hydrogens (primary N) is 2. The maximum Gasteiger partial charge on any atom is -0.00199 e. The number of rotatable bonds is 3. The van der Waals surface area contributed by atoms with Gasteiger partial charge in [-0.2, -0.15) is 0 Å². The Labute approximate surface area is 130 Å². The molecule has 4 saturated carbocycles. The molecule has 2 atom stereocenters. The maximum absolute atomic E-state index is 6.17. The van der Waals surface area contributed by atoms with Crippen molar-refractivity contribution in [3.8, 4) is 0 Å². The van der Waals surface area contributed by atoms with E-state index < -0.39 is 0 Å². The molecule has 114 valence electrons. The van der Waals surface area contributed by atoms with Gasteiger partial charge in [0.15, 0.2) is 0 Å². The van der Waals surface area contributed by atoms with Gasteiger partial charge in [0, 0.05) is 0 Å². The monoisotopic (exact) mass is 308 g/mol. The molecule has 19 heavy (non-hydrogen) atoms. The van der Waals surface area contributed by atoms with E-state index in [0.29, 0.717) is 21.7 Å². The SMILES string of the molecule is CC12CC3(C)CC(CN)(C1)CC(CCN)(C2)C3.Cl.Cl. The Morgan fingerprint density at radius 2 is 1.21 bits per heavy atom. The highest BCUT2D eigenvalue weighted by Gasteiger charge is 2.64. The molecule has 4 aliphatic rings. The summed E-state index contributed by atoms with van der Waals surface area (Å²) in [5.41, 5.74) is 14.2. The van der Waals surface area contributed by atoms with E-state index >= 15 is 0 Å². The Kier molecular flexibility index (Phi) is 4.66. The van der Waals surface area contributed by atoms with Gasteiger partial charge in [-0.25, -0.2) is 0 Å². The highest BCUT2D eigenvalue weighted by atomic mass is 35.5. The second-order valence-electron chi connectivity index (χ2n) is 8.42. The third kappa shape index (κ3) is 2.66. The summed E-state index contributed by atoms with van der Waals surface area (Å²) in [5.74, 6) is 0. The summed E-state index contributed by atoms with van der Waals surface area (Å²) in [6.45, 7) is 6.77. The fourth-order valence-electron chi connectivity index (χ4n) is 6.99. The lowest BCUT2D eigenvalue weighted by Crippen LogP contribution is -2.61. The van der Waals surface area contributed by atoms with Crippen molar-refractivity contribution in [1.29, 1.82) is 0 Å². The van der Waals surface area contributed by atoms with Crippen LogP contribution in [0.3, 0.4) is 0 Å². The van der Waals surface area contributed by atoms with Crippen LogP contribution in [0.25, 0.3) is 0 Å². The van der Waals surface area contributed by atoms with Crippen molar-refractivity contribution in [1.82, 2.24) is 0 Å². The fraction of sp³-hybridized carbons (Fsp3) is 1.00. The molecule has 0 aliphatic heterocycles. The van der Waals surface area contributed by atoms with Gasteiger partial charge in [-0.05, 0) is 79.7 Å². The lowest BCUT2D eigenvalue weighted by molar-refractivity contribution is -0.187. The zero-order valence-corrected chi connectivity index (χ0v) is 14.0. The quantitative estimate of drug-likeness (QED) is 0.838. The zero-order chi connectivity index (χ0) is 12.4. The third-order valence-electron chi connectivity index (χ3n) is 5.92. The van der Waals surface area contributed by atoms with Crippen molar-refractivity contribution in [2.75, 3.05) is 13.1 Å². The Morgan fingerprint density at radius 1 is 0.737 bits per heavy atom. The molecule has 2 unspecified atom stereocenters. The summed E-state index contributed by atoms with van der Waals surface area (Å²) in [6.07, 6.45) is 9.58. The van der Waals surface area contributed by atoms with Gasteiger partial charge >= 0.3 is 0 Å². The molecule has 0 aromatic rings. The number of hydrogen-bond acceptors (Lipinski definition) is 2. The van der Waals surface area contributed by atoms with Crippen LogP contribution in [0, 0.1) is 21.7 Å². The van der Waals surface area contributed by atoms with Crippen LogP contribution >= 0.6 is 24.8 Å². The molecule has 0 heterocycles. The van der Waals surface area contributed by atoms with Gasteiger partial charge in [0.1, 0.15) is 0 Å². The second kappa shape index (κ2) is 5.05. The van der Waals surface area contributed by atoms with E-state index in [1.807, 2.05) is 0 Å². The van der Waals surface area contributed by atoms with Gasteiger partial charge in [-0.3, -0.25) is 0 Å². The van der Waals surface area contributed by atoms with Crippen LogP contribution < -0.4 is 11.5 Å². The molecule has 0 spiro atoms. The van der Waals surface area contributed by atoms with E-state index in [4.69, 9.17) is 11.5 Å². The normalized spacial score (nSPS) is 50.5. The van der Waals surface area contributed by atoms with Gasteiger partial charge in [0.2, 0.25) is 0 Å². The Bertz CT molecular complexity index is 327. The lowest BCUT2D eigenvalue weighted by atomic mass is 9.35. The molecule has 4 aliphatic carbocycles. The van der Waals surface area contributed by atoms with Gasteiger partial charge in [0.25, 0.3) is 0 Å². The predicted octanol–water partition coefficient (Wildman–Crippen LogP) is 3.50. The van der Waals surface area contributed by atoms with E-state index in [9.17, 15) is 0 Å². The van der Waals surface area contributed by atoms with Gasteiger partial charge in [0.05, 0.1) is 0 Å². The standard InChI is InChI=1S/C15H28N2.2ClH/c1-12-5-13(2)7-14(6-12,3-4-16)10-15(8-12,9-13)11-17;;/h3-11,16-17H2,1-2H3;2*1H. The Hall–Kier alpha value is 0.500. The van der Waals surface area contributed by atoms with E-state index in [0.717, 1.165) is 13.1 Å². The Morgan fingerprint density at radius 3 is 1.63 bits per heavy atom. The van der Waals surface area contributed by atoms with Crippen molar-refractivity contribution in [2.45, 2.75) is 58.8 Å². The summed E-state index contributed by atoms with van der Waals surface area (Å²) < 4.78 is 0. The molecule has 2 nitrogen and oxygen atoms in total. The summed E-state index contributed by atoms with van der Waals surface area (Å²) in [5, 5.41) is 0. The van der Waals surface area contributed by atoms with E-state index in [2.05, 4.69) is 13.8 Å². The molecule has 0 amide bonds. The number of hydrogen-bond donors (Lipinski definition) is 2. The average Bonchev–Trinajstić information content (AvgIpc) is 2.11. The fourth-order valence-corrected chi connectivity index (χ4v) is 6.99. The minimum absolute atomic E-state index is 0. The molecule has 4 heteroatoms. The largest absolute Gasteiger partial charge is 0.330 e. The predicted molar refractivity (Wildman–Crippen MR) is 86.0 cm³/mol. The molecule has 4 fully saturated rings.